The van der Waals surface area contributed by atoms with Gasteiger partial charge in [-0.3, -0.25) is 0 Å². The van der Waals surface area contributed by atoms with Gasteiger partial charge in [-0.15, -0.1) is 17.5 Å². The summed E-state index contributed by atoms with van der Waals surface area (Å²) in [4.78, 5) is 0. The summed E-state index contributed by atoms with van der Waals surface area (Å²) in [6.07, 6.45) is 1.66. The molecule has 0 saturated carbocycles. The average Bonchev–Trinajstić information content (AvgIpc) is 1.76. The van der Waals surface area contributed by atoms with Crippen molar-refractivity contribution in [1.29, 1.82) is 0 Å². The van der Waals surface area contributed by atoms with Gasteiger partial charge in [0, 0.05) is 5.38 Å². The lowest BCUT2D eigenvalue weighted by Crippen LogP contribution is -1.51. The Bertz CT molecular complexity index is 72.2. The van der Waals surface area contributed by atoms with Crippen molar-refractivity contribution in [3.8, 4) is 0 Å². The van der Waals surface area contributed by atoms with Gasteiger partial charge in [-0.1, -0.05) is 4.49 Å². The minimum absolute atomic E-state index is 0. The zero-order valence-electron chi connectivity index (χ0n) is 3.37. The topological polar surface area (TPSA) is 57.3 Å². The third kappa shape index (κ3) is 3.65. The van der Waals surface area contributed by atoms with Crippen LogP contribution in [0.2, 0.25) is 0 Å². The lowest BCUT2D eigenvalue weighted by molar-refractivity contribution is 0.824. The maximum Gasteiger partial charge on any atom is 0.0620 e. The van der Waals surface area contributed by atoms with Crippen LogP contribution < -0.4 is 0 Å². The van der Waals surface area contributed by atoms with Gasteiger partial charge in [-0.25, -0.2) is 0 Å². The molecule has 1 aromatic rings. The monoisotopic (exact) mass is 140 g/mol. The van der Waals surface area contributed by atoms with Crippen molar-refractivity contribution in [2.75, 3.05) is 0 Å². The van der Waals surface area contributed by atoms with Crippen LogP contribution in [0.4, 0.5) is 0 Å². The van der Waals surface area contributed by atoms with E-state index in [0.717, 1.165) is 0 Å². The summed E-state index contributed by atoms with van der Waals surface area (Å²) >= 11 is 1.35. The minimum Gasteiger partial charge on any atom is -0.412 e. The van der Waals surface area contributed by atoms with Crippen LogP contribution in [-0.4, -0.2) is 15.1 Å². The summed E-state index contributed by atoms with van der Waals surface area (Å²) in [7, 11) is 0. The Morgan fingerprint density at radius 2 is 2.14 bits per heavy atom. The average molecular weight is 141 g/mol. The van der Waals surface area contributed by atoms with Gasteiger partial charge in [0.25, 0.3) is 0 Å². The fourth-order valence-electron chi connectivity index (χ4n) is 0.136. The molecule has 0 aromatic carbocycles. The van der Waals surface area contributed by atoms with E-state index in [1.54, 1.807) is 6.20 Å². The lowest BCUT2D eigenvalue weighted by atomic mass is 11.1. The van der Waals surface area contributed by atoms with Crippen molar-refractivity contribution in [1.82, 2.24) is 9.59 Å². The van der Waals surface area contributed by atoms with Crippen molar-refractivity contribution < 1.29 is 5.48 Å². The Labute approximate surface area is 51.3 Å². The molecule has 0 radical (unpaired) electrons. The largest absolute Gasteiger partial charge is 0.412 e. The van der Waals surface area contributed by atoms with Crippen LogP contribution in [0.15, 0.2) is 11.6 Å². The van der Waals surface area contributed by atoms with Gasteiger partial charge >= 0.3 is 0 Å². The number of nitrogens with zero attached hydrogens (tertiary/aromatic N) is 2. The van der Waals surface area contributed by atoms with Crippen molar-refractivity contribution in [3.63, 3.8) is 0 Å². The third-order valence-electron chi connectivity index (χ3n) is 0.283. The molecule has 1 heterocycles. The minimum atomic E-state index is 0. The van der Waals surface area contributed by atoms with Crippen LogP contribution in [0.5, 0.6) is 0 Å². The van der Waals surface area contributed by atoms with Gasteiger partial charge in [0.2, 0.25) is 0 Å². The van der Waals surface area contributed by atoms with Crippen LogP contribution >= 0.6 is 23.9 Å². The SMILES string of the molecule is Cl.O.c1csnn1. The third-order valence-corrected chi connectivity index (χ3v) is 0.715. The summed E-state index contributed by atoms with van der Waals surface area (Å²) in [5, 5.41) is 5.31. The zero-order chi connectivity index (χ0) is 3.54. The van der Waals surface area contributed by atoms with E-state index in [1.165, 1.54) is 11.5 Å². The molecule has 0 unspecified atom stereocenters. The Hall–Kier alpha value is -0.190. The second-order valence-electron chi connectivity index (χ2n) is 0.588. The van der Waals surface area contributed by atoms with Crippen molar-refractivity contribution in [2.45, 2.75) is 0 Å². The van der Waals surface area contributed by atoms with Gasteiger partial charge in [0.05, 0.1) is 6.20 Å². The lowest BCUT2D eigenvalue weighted by Gasteiger charge is -1.40. The van der Waals surface area contributed by atoms with E-state index in [1.807, 2.05) is 5.38 Å². The highest BCUT2D eigenvalue weighted by Crippen LogP contribution is 1.78. The number of rotatable bonds is 0. The van der Waals surface area contributed by atoms with E-state index in [0.29, 0.717) is 0 Å². The van der Waals surface area contributed by atoms with E-state index in [-0.39, 0.29) is 17.9 Å². The van der Waals surface area contributed by atoms with Gasteiger partial charge in [0.1, 0.15) is 0 Å². The molecule has 0 amide bonds. The molecule has 0 aliphatic rings. The summed E-state index contributed by atoms with van der Waals surface area (Å²) in [6.45, 7) is 0. The van der Waals surface area contributed by atoms with Crippen molar-refractivity contribution >= 4 is 23.9 Å². The predicted octanol–water partition coefficient (Wildman–Crippen LogP) is 0.135. The summed E-state index contributed by atoms with van der Waals surface area (Å²) in [5.41, 5.74) is 0. The summed E-state index contributed by atoms with van der Waals surface area (Å²) in [5.74, 6) is 0. The molecule has 2 N–H and O–H groups in total. The fourth-order valence-corrected chi connectivity index (χ4v) is 0.408. The molecular weight excluding hydrogens is 136 g/mol. The van der Waals surface area contributed by atoms with Gasteiger partial charge in [-0.05, 0) is 11.5 Å². The molecule has 0 bridgehead atoms. The molecule has 3 nitrogen and oxygen atoms in total. The second kappa shape index (κ2) is 5.81. The zero-order valence-corrected chi connectivity index (χ0v) is 5.00. The van der Waals surface area contributed by atoms with E-state index in [9.17, 15) is 0 Å². The Morgan fingerprint density at radius 3 is 2.29 bits per heavy atom. The molecule has 0 saturated heterocycles. The van der Waals surface area contributed by atoms with Crippen LogP contribution in [0.1, 0.15) is 0 Å². The second-order valence-corrected chi connectivity index (χ2v) is 1.23. The van der Waals surface area contributed by atoms with Crippen LogP contribution in [-0.2, 0) is 0 Å². The Morgan fingerprint density at radius 1 is 1.43 bits per heavy atom. The first-order valence-corrected chi connectivity index (χ1v) is 2.05. The van der Waals surface area contributed by atoms with E-state index >= 15 is 0 Å². The van der Waals surface area contributed by atoms with Gasteiger partial charge in [-0.2, -0.15) is 0 Å². The quantitative estimate of drug-likeness (QED) is 0.515. The first kappa shape index (κ1) is 9.94. The summed E-state index contributed by atoms with van der Waals surface area (Å²) in [6, 6.07) is 0. The molecule has 1 rings (SSSR count). The number of aromatic nitrogens is 2. The van der Waals surface area contributed by atoms with E-state index in [4.69, 9.17) is 0 Å². The van der Waals surface area contributed by atoms with Crippen molar-refractivity contribution in [2.24, 2.45) is 0 Å². The van der Waals surface area contributed by atoms with Crippen molar-refractivity contribution in [3.05, 3.63) is 11.6 Å². The molecule has 0 aliphatic heterocycles. The normalized spacial score (nSPS) is 5.71. The number of hydrogen-bond donors (Lipinski definition) is 0. The van der Waals surface area contributed by atoms with Gasteiger partial charge in [0.15, 0.2) is 0 Å². The fraction of sp³-hybridized carbons (Fsp3) is 0. The van der Waals surface area contributed by atoms with Crippen LogP contribution in [0, 0.1) is 0 Å². The molecule has 1 aromatic heterocycles. The molecule has 0 fully saturated rings. The summed E-state index contributed by atoms with van der Waals surface area (Å²) < 4.78 is 3.51. The predicted molar refractivity (Wildman–Crippen MR) is 30.8 cm³/mol. The highest BCUT2D eigenvalue weighted by atomic mass is 35.5. The first-order valence-electron chi connectivity index (χ1n) is 1.21. The molecule has 0 spiro atoms. The number of hydrogen-bond acceptors (Lipinski definition) is 3. The van der Waals surface area contributed by atoms with E-state index < -0.39 is 0 Å². The smallest absolute Gasteiger partial charge is 0.0620 e. The Balaban J connectivity index is 0. The maximum atomic E-state index is 3.51. The van der Waals surface area contributed by atoms with Crippen LogP contribution in [0.3, 0.4) is 0 Å². The molecule has 5 heteroatoms. The highest BCUT2D eigenvalue weighted by molar-refractivity contribution is 7.03. The molecule has 7 heavy (non-hydrogen) atoms. The molecule has 42 valence electrons. The maximum absolute atomic E-state index is 3.51. The van der Waals surface area contributed by atoms with E-state index in [2.05, 4.69) is 9.59 Å². The van der Waals surface area contributed by atoms with Crippen LogP contribution in [0.25, 0.3) is 0 Å². The number of halogens is 1. The molecule has 0 aliphatic carbocycles. The standard InChI is InChI=1S/C2H2N2S.ClH.H2O/c1-2-5-4-3-1;;/h1-2H;1H;1H2. The van der Waals surface area contributed by atoms with Gasteiger partial charge < -0.3 is 5.48 Å². The Kier molecular flexibility index (Phi) is 8.25. The molecular formula is C2H5ClN2OS. The molecule has 0 atom stereocenters. The first-order chi connectivity index (χ1) is 2.50. The highest BCUT2D eigenvalue weighted by Gasteiger charge is 1.61.